The highest BCUT2D eigenvalue weighted by Crippen LogP contribution is 2.17. The molecule has 6 heteroatoms. The first kappa shape index (κ1) is 16.1. The molecule has 0 spiro atoms. The van der Waals surface area contributed by atoms with E-state index >= 15 is 0 Å². The number of hydrazone groups is 1. The molecule has 0 saturated heterocycles. The molecule has 1 N–H and O–H groups in total. The first-order valence-electron chi connectivity index (χ1n) is 7.34. The van der Waals surface area contributed by atoms with Crippen molar-refractivity contribution in [2.24, 2.45) is 5.10 Å². The summed E-state index contributed by atoms with van der Waals surface area (Å²) in [5.41, 5.74) is 5.96. The lowest BCUT2D eigenvalue weighted by Crippen LogP contribution is -2.22. The van der Waals surface area contributed by atoms with E-state index in [9.17, 15) is 4.79 Å². The minimum Gasteiger partial charge on any atom is -0.275 e. The van der Waals surface area contributed by atoms with Gasteiger partial charge in [0.25, 0.3) is 5.56 Å². The molecular formula is C18H15BrN4O. The number of hydrogen-bond donors (Lipinski definition) is 1. The Morgan fingerprint density at radius 1 is 1.12 bits per heavy atom. The number of aromatic nitrogens is 2. The molecule has 2 aromatic carbocycles. The smallest absolute Gasteiger partial charge is 0.275 e. The monoisotopic (exact) mass is 382 g/mol. The van der Waals surface area contributed by atoms with Crippen molar-refractivity contribution < 1.29 is 0 Å². The van der Waals surface area contributed by atoms with E-state index in [0.29, 0.717) is 15.8 Å². The van der Waals surface area contributed by atoms with Gasteiger partial charge in [0.05, 0.1) is 23.8 Å². The lowest BCUT2D eigenvalue weighted by molar-refractivity contribution is 0.801. The Morgan fingerprint density at radius 3 is 2.54 bits per heavy atom. The lowest BCUT2D eigenvalue weighted by Gasteiger charge is -2.07. The third-order valence-electron chi connectivity index (χ3n) is 3.40. The molecule has 0 saturated carbocycles. The van der Waals surface area contributed by atoms with Crippen molar-refractivity contribution in [1.29, 1.82) is 0 Å². The molecule has 0 bridgehead atoms. The highest BCUT2D eigenvalue weighted by molar-refractivity contribution is 9.10. The van der Waals surface area contributed by atoms with E-state index in [2.05, 4.69) is 31.6 Å². The first-order chi connectivity index (χ1) is 11.6. The number of nitrogens with zero attached hydrogens (tertiary/aromatic N) is 3. The Labute approximate surface area is 147 Å². The third kappa shape index (κ3) is 3.60. The van der Waals surface area contributed by atoms with Gasteiger partial charge >= 0.3 is 0 Å². The zero-order valence-corrected chi connectivity index (χ0v) is 14.6. The summed E-state index contributed by atoms with van der Waals surface area (Å²) in [7, 11) is 0. The van der Waals surface area contributed by atoms with Gasteiger partial charge in [-0.3, -0.25) is 10.2 Å². The van der Waals surface area contributed by atoms with Crippen molar-refractivity contribution in [3.63, 3.8) is 0 Å². The first-order valence-corrected chi connectivity index (χ1v) is 8.13. The van der Waals surface area contributed by atoms with Gasteiger partial charge in [0, 0.05) is 0 Å². The second-order valence-electron chi connectivity index (χ2n) is 5.21. The van der Waals surface area contributed by atoms with Crippen LogP contribution in [0.15, 0.2) is 75.2 Å². The average Bonchev–Trinajstić information content (AvgIpc) is 2.61. The summed E-state index contributed by atoms with van der Waals surface area (Å²) in [5.74, 6) is 0. The van der Waals surface area contributed by atoms with Crippen LogP contribution in [0.25, 0.3) is 5.69 Å². The van der Waals surface area contributed by atoms with E-state index in [-0.39, 0.29) is 5.56 Å². The number of halogens is 1. The molecule has 0 aliphatic carbocycles. The molecule has 24 heavy (non-hydrogen) atoms. The van der Waals surface area contributed by atoms with E-state index in [1.807, 2.05) is 61.5 Å². The fraction of sp³-hybridized carbons (Fsp3) is 0.0556. The molecule has 0 aliphatic rings. The fourth-order valence-electron chi connectivity index (χ4n) is 2.09. The van der Waals surface area contributed by atoms with Gasteiger partial charge in [0.2, 0.25) is 0 Å². The summed E-state index contributed by atoms with van der Waals surface area (Å²) < 4.78 is 1.71. The molecule has 0 amide bonds. The van der Waals surface area contributed by atoms with Crippen LogP contribution in [0.2, 0.25) is 0 Å². The lowest BCUT2D eigenvalue weighted by atomic mass is 10.2. The molecule has 120 valence electrons. The second kappa shape index (κ2) is 7.23. The van der Waals surface area contributed by atoms with E-state index in [0.717, 1.165) is 5.56 Å². The average molecular weight is 383 g/mol. The number of para-hydroxylation sites is 1. The van der Waals surface area contributed by atoms with Gasteiger partial charge in [-0.2, -0.15) is 14.9 Å². The molecule has 3 rings (SSSR count). The zero-order chi connectivity index (χ0) is 16.9. The molecule has 0 aliphatic heterocycles. The highest BCUT2D eigenvalue weighted by Gasteiger charge is 2.09. The second-order valence-corrected chi connectivity index (χ2v) is 6.00. The van der Waals surface area contributed by atoms with Gasteiger partial charge in [-0.1, -0.05) is 48.0 Å². The maximum atomic E-state index is 12.4. The van der Waals surface area contributed by atoms with Crippen LogP contribution in [0.3, 0.4) is 0 Å². The standard InChI is InChI=1S/C18H15BrN4O/c1-13-7-9-14(10-8-13)11-20-22-16-12-21-23(18(24)17(16)19)15-5-3-2-4-6-15/h2-12,22H,1H3/b20-11+. The number of hydrogen-bond acceptors (Lipinski definition) is 4. The largest absolute Gasteiger partial charge is 0.287 e. The fourth-order valence-corrected chi connectivity index (χ4v) is 2.45. The van der Waals surface area contributed by atoms with Crippen LogP contribution in [0.5, 0.6) is 0 Å². The van der Waals surface area contributed by atoms with Crippen LogP contribution in [0.4, 0.5) is 5.69 Å². The summed E-state index contributed by atoms with van der Waals surface area (Å²) in [6, 6.07) is 17.2. The molecule has 0 fully saturated rings. The Hall–Kier alpha value is -2.73. The van der Waals surface area contributed by atoms with Crippen molar-refractivity contribution in [1.82, 2.24) is 9.78 Å². The SMILES string of the molecule is Cc1ccc(/C=N/Nc2cnn(-c3ccccc3)c(=O)c2Br)cc1. The summed E-state index contributed by atoms with van der Waals surface area (Å²) in [6.45, 7) is 2.03. The number of benzene rings is 2. The van der Waals surface area contributed by atoms with E-state index in [1.165, 1.54) is 10.2 Å². The van der Waals surface area contributed by atoms with E-state index < -0.39 is 0 Å². The Kier molecular flexibility index (Phi) is 4.86. The van der Waals surface area contributed by atoms with Crippen LogP contribution in [-0.2, 0) is 0 Å². The Balaban J connectivity index is 1.81. The molecule has 1 aromatic heterocycles. The summed E-state index contributed by atoms with van der Waals surface area (Å²) in [5, 5.41) is 8.34. The van der Waals surface area contributed by atoms with Gasteiger partial charge in [-0.25, -0.2) is 0 Å². The number of rotatable bonds is 4. The number of anilines is 1. The predicted molar refractivity (Wildman–Crippen MR) is 99.9 cm³/mol. The van der Waals surface area contributed by atoms with E-state index in [1.54, 1.807) is 12.4 Å². The predicted octanol–water partition coefficient (Wildman–Crippen LogP) is 3.75. The normalized spacial score (nSPS) is 10.9. The Morgan fingerprint density at radius 2 is 1.83 bits per heavy atom. The van der Waals surface area contributed by atoms with Crippen LogP contribution in [0.1, 0.15) is 11.1 Å². The minimum atomic E-state index is -0.253. The van der Waals surface area contributed by atoms with Crippen molar-refractivity contribution in [2.45, 2.75) is 6.92 Å². The van der Waals surface area contributed by atoms with Crippen molar-refractivity contribution in [3.8, 4) is 5.69 Å². The van der Waals surface area contributed by atoms with Gasteiger partial charge in [0.15, 0.2) is 0 Å². The van der Waals surface area contributed by atoms with Gasteiger partial charge < -0.3 is 0 Å². The van der Waals surface area contributed by atoms with Gasteiger partial charge in [-0.05, 0) is 40.5 Å². The molecule has 0 radical (unpaired) electrons. The van der Waals surface area contributed by atoms with E-state index in [4.69, 9.17) is 0 Å². The van der Waals surface area contributed by atoms with Gasteiger partial charge in [-0.15, -0.1) is 0 Å². The Bertz CT molecular complexity index is 918. The van der Waals surface area contributed by atoms with Crippen LogP contribution in [0, 0.1) is 6.92 Å². The number of aryl methyl sites for hydroxylation is 1. The molecule has 1 heterocycles. The zero-order valence-electron chi connectivity index (χ0n) is 13.0. The van der Waals surface area contributed by atoms with Crippen molar-refractivity contribution >= 4 is 27.8 Å². The van der Waals surface area contributed by atoms with Crippen LogP contribution >= 0.6 is 15.9 Å². The molecular weight excluding hydrogens is 368 g/mol. The maximum absolute atomic E-state index is 12.4. The van der Waals surface area contributed by atoms with Crippen LogP contribution in [-0.4, -0.2) is 16.0 Å². The molecule has 5 nitrogen and oxygen atoms in total. The topological polar surface area (TPSA) is 59.3 Å². The third-order valence-corrected chi connectivity index (χ3v) is 4.16. The molecule has 3 aromatic rings. The van der Waals surface area contributed by atoms with Crippen LogP contribution < -0.4 is 11.0 Å². The number of nitrogens with one attached hydrogen (secondary N) is 1. The summed E-state index contributed by atoms with van der Waals surface area (Å²) in [6.07, 6.45) is 3.25. The highest BCUT2D eigenvalue weighted by atomic mass is 79.9. The molecule has 0 unspecified atom stereocenters. The minimum absolute atomic E-state index is 0.253. The molecule has 0 atom stereocenters. The van der Waals surface area contributed by atoms with Crippen molar-refractivity contribution in [3.05, 3.63) is 86.7 Å². The summed E-state index contributed by atoms with van der Waals surface area (Å²) >= 11 is 3.31. The van der Waals surface area contributed by atoms with Crippen molar-refractivity contribution in [2.75, 3.05) is 5.43 Å². The summed E-state index contributed by atoms with van der Waals surface area (Å²) in [4.78, 5) is 12.4. The quantitative estimate of drug-likeness (QED) is 0.552. The van der Waals surface area contributed by atoms with Gasteiger partial charge in [0.1, 0.15) is 4.47 Å². The maximum Gasteiger partial charge on any atom is 0.287 e.